The van der Waals surface area contributed by atoms with Crippen LogP contribution >= 0.6 is 11.6 Å². The first-order valence-electron chi connectivity index (χ1n) is 3.45. The second-order valence-electron chi connectivity index (χ2n) is 2.20. The maximum absolute atomic E-state index is 5.70. The highest BCUT2D eigenvalue weighted by molar-refractivity contribution is 6.32. The second kappa shape index (κ2) is 3.93. The Kier molecular flexibility index (Phi) is 2.88. The lowest BCUT2D eigenvalue weighted by molar-refractivity contribution is 1.32. The number of anilines is 1. The van der Waals surface area contributed by atoms with E-state index in [1.165, 1.54) is 0 Å². The van der Waals surface area contributed by atoms with Crippen LogP contribution in [0, 0.1) is 0 Å². The summed E-state index contributed by atoms with van der Waals surface area (Å²) in [6.45, 7) is 3.55. The number of hydrogen-bond acceptors (Lipinski definition) is 2. The lowest BCUT2D eigenvalue weighted by atomic mass is 10.2. The van der Waals surface area contributed by atoms with Gasteiger partial charge in [-0.1, -0.05) is 36.4 Å². The van der Waals surface area contributed by atoms with Crippen molar-refractivity contribution in [3.05, 3.63) is 41.7 Å². The Labute approximate surface area is 76.4 Å². The third-order valence-corrected chi connectivity index (χ3v) is 1.69. The van der Waals surface area contributed by atoms with Gasteiger partial charge in [0.1, 0.15) is 0 Å². The van der Waals surface area contributed by atoms with E-state index in [-0.39, 0.29) is 0 Å². The molecule has 3 heteroatoms. The molecule has 0 aliphatic rings. The highest BCUT2D eigenvalue weighted by atomic mass is 35.5. The molecule has 1 rings (SSSR count). The fourth-order valence-corrected chi connectivity index (χ4v) is 0.944. The van der Waals surface area contributed by atoms with Crippen molar-refractivity contribution in [2.24, 2.45) is 0 Å². The lowest BCUT2D eigenvalue weighted by Gasteiger charge is -1.99. The van der Waals surface area contributed by atoms with Crippen LogP contribution < -0.4 is 5.73 Å². The molecule has 0 amide bonds. The van der Waals surface area contributed by atoms with Crippen LogP contribution in [0.4, 0.5) is 5.69 Å². The van der Waals surface area contributed by atoms with Gasteiger partial charge in [0, 0.05) is 11.8 Å². The zero-order valence-electron chi connectivity index (χ0n) is 6.50. The SMILES string of the molecule is C=C/C=C\c1ccnc(Cl)c1N. The van der Waals surface area contributed by atoms with Crippen LogP contribution in [0.5, 0.6) is 0 Å². The number of rotatable bonds is 2. The highest BCUT2D eigenvalue weighted by Gasteiger charge is 1.99. The molecule has 0 radical (unpaired) electrons. The van der Waals surface area contributed by atoms with Gasteiger partial charge in [-0.3, -0.25) is 0 Å². The molecule has 0 saturated heterocycles. The highest BCUT2D eigenvalue weighted by Crippen LogP contribution is 2.20. The van der Waals surface area contributed by atoms with Crippen LogP contribution in [-0.2, 0) is 0 Å². The normalized spacial score (nSPS) is 10.4. The van der Waals surface area contributed by atoms with E-state index in [9.17, 15) is 0 Å². The summed E-state index contributed by atoms with van der Waals surface area (Å²) in [7, 11) is 0. The Balaban J connectivity index is 3.07. The Hall–Kier alpha value is -1.28. The summed E-state index contributed by atoms with van der Waals surface area (Å²) >= 11 is 5.70. The van der Waals surface area contributed by atoms with Crippen molar-refractivity contribution in [1.29, 1.82) is 0 Å². The van der Waals surface area contributed by atoms with E-state index in [1.807, 2.05) is 6.08 Å². The maximum atomic E-state index is 5.70. The minimum atomic E-state index is 0.334. The van der Waals surface area contributed by atoms with Crippen LogP contribution in [0.3, 0.4) is 0 Å². The molecule has 0 unspecified atom stereocenters. The van der Waals surface area contributed by atoms with E-state index in [0.717, 1.165) is 5.56 Å². The van der Waals surface area contributed by atoms with Gasteiger partial charge in [0.2, 0.25) is 0 Å². The molecule has 1 heterocycles. The van der Waals surface area contributed by atoms with Crippen molar-refractivity contribution in [2.45, 2.75) is 0 Å². The van der Waals surface area contributed by atoms with E-state index in [0.29, 0.717) is 10.8 Å². The molecule has 0 bridgehead atoms. The number of pyridine rings is 1. The van der Waals surface area contributed by atoms with Crippen LogP contribution in [-0.4, -0.2) is 4.98 Å². The summed E-state index contributed by atoms with van der Waals surface area (Å²) < 4.78 is 0. The topological polar surface area (TPSA) is 38.9 Å². The monoisotopic (exact) mass is 180 g/mol. The van der Waals surface area contributed by atoms with E-state index >= 15 is 0 Å². The molecule has 0 aromatic carbocycles. The number of nitrogens with two attached hydrogens (primary N) is 1. The van der Waals surface area contributed by atoms with Crippen LogP contribution in [0.1, 0.15) is 5.56 Å². The van der Waals surface area contributed by atoms with E-state index in [2.05, 4.69) is 11.6 Å². The van der Waals surface area contributed by atoms with Crippen LogP contribution in [0.15, 0.2) is 31.0 Å². The number of halogens is 1. The number of aromatic nitrogens is 1. The van der Waals surface area contributed by atoms with Gasteiger partial charge in [-0.2, -0.15) is 0 Å². The van der Waals surface area contributed by atoms with Gasteiger partial charge < -0.3 is 5.73 Å². The fraction of sp³-hybridized carbons (Fsp3) is 0. The molecule has 1 aromatic heterocycles. The first-order valence-corrected chi connectivity index (χ1v) is 3.82. The molecule has 0 aliphatic carbocycles. The Morgan fingerprint density at radius 2 is 2.33 bits per heavy atom. The third-order valence-electron chi connectivity index (χ3n) is 1.39. The second-order valence-corrected chi connectivity index (χ2v) is 2.56. The van der Waals surface area contributed by atoms with Crippen molar-refractivity contribution in [1.82, 2.24) is 4.98 Å². The molecule has 0 spiro atoms. The van der Waals surface area contributed by atoms with Gasteiger partial charge in [0.25, 0.3) is 0 Å². The van der Waals surface area contributed by atoms with Crippen LogP contribution in [0.2, 0.25) is 5.15 Å². The lowest BCUT2D eigenvalue weighted by Crippen LogP contribution is -1.91. The number of nitrogen functional groups attached to an aromatic ring is 1. The third kappa shape index (κ3) is 1.86. The van der Waals surface area contributed by atoms with E-state index in [1.54, 1.807) is 24.4 Å². The van der Waals surface area contributed by atoms with E-state index < -0.39 is 0 Å². The molecule has 0 atom stereocenters. The van der Waals surface area contributed by atoms with Crippen molar-refractivity contribution in [3.8, 4) is 0 Å². The molecule has 2 N–H and O–H groups in total. The minimum Gasteiger partial charge on any atom is -0.396 e. The molecule has 62 valence electrons. The Bertz CT molecular complexity index is 318. The first-order chi connectivity index (χ1) is 5.75. The predicted octanol–water partition coefficient (Wildman–Crippen LogP) is 2.52. The van der Waals surface area contributed by atoms with Gasteiger partial charge in [-0.25, -0.2) is 4.98 Å². The van der Waals surface area contributed by atoms with Gasteiger partial charge in [-0.05, 0) is 6.07 Å². The fourth-order valence-electron chi connectivity index (χ4n) is 0.778. The van der Waals surface area contributed by atoms with E-state index in [4.69, 9.17) is 17.3 Å². The maximum Gasteiger partial charge on any atom is 0.152 e. The first kappa shape index (κ1) is 8.81. The van der Waals surface area contributed by atoms with Crippen molar-refractivity contribution >= 4 is 23.4 Å². The number of hydrogen-bond donors (Lipinski definition) is 1. The molecule has 2 nitrogen and oxygen atoms in total. The average molecular weight is 181 g/mol. The van der Waals surface area contributed by atoms with Gasteiger partial charge in [0.05, 0.1) is 5.69 Å². The Morgan fingerprint density at radius 1 is 1.58 bits per heavy atom. The summed E-state index contributed by atoms with van der Waals surface area (Å²) in [5.74, 6) is 0. The molecule has 0 fully saturated rings. The smallest absolute Gasteiger partial charge is 0.152 e. The molecule has 1 aromatic rings. The summed E-state index contributed by atoms with van der Waals surface area (Å²) in [5.41, 5.74) is 7.00. The zero-order valence-corrected chi connectivity index (χ0v) is 7.25. The predicted molar refractivity (Wildman–Crippen MR) is 52.9 cm³/mol. The minimum absolute atomic E-state index is 0.334. The van der Waals surface area contributed by atoms with Crippen LogP contribution in [0.25, 0.3) is 6.08 Å². The average Bonchev–Trinajstić information content (AvgIpc) is 2.08. The molecule has 0 aliphatic heterocycles. The standard InChI is InChI=1S/C9H9ClN2/c1-2-3-4-7-5-6-12-9(10)8(7)11/h2-6H,1,11H2/b4-3-. The molecule has 12 heavy (non-hydrogen) atoms. The van der Waals surface area contributed by atoms with Gasteiger partial charge in [0.15, 0.2) is 5.15 Å². The van der Waals surface area contributed by atoms with Gasteiger partial charge in [-0.15, -0.1) is 0 Å². The zero-order chi connectivity index (χ0) is 8.97. The van der Waals surface area contributed by atoms with Crippen molar-refractivity contribution in [2.75, 3.05) is 5.73 Å². The summed E-state index contributed by atoms with van der Waals surface area (Å²) in [6, 6.07) is 1.79. The number of nitrogens with zero attached hydrogens (tertiary/aromatic N) is 1. The van der Waals surface area contributed by atoms with Gasteiger partial charge >= 0.3 is 0 Å². The van der Waals surface area contributed by atoms with Crippen molar-refractivity contribution < 1.29 is 0 Å². The Morgan fingerprint density at radius 3 is 3.00 bits per heavy atom. The molecular weight excluding hydrogens is 172 g/mol. The summed E-state index contributed by atoms with van der Waals surface area (Å²) in [6.07, 6.45) is 6.91. The summed E-state index contributed by atoms with van der Waals surface area (Å²) in [5, 5.41) is 0.334. The number of allylic oxidation sites excluding steroid dienone is 2. The quantitative estimate of drug-likeness (QED) is 0.561. The molecule has 0 saturated carbocycles. The summed E-state index contributed by atoms with van der Waals surface area (Å²) in [4.78, 5) is 3.83. The largest absolute Gasteiger partial charge is 0.396 e. The van der Waals surface area contributed by atoms with Crippen molar-refractivity contribution in [3.63, 3.8) is 0 Å². The molecular formula is C9H9ClN2.